The van der Waals surface area contributed by atoms with Crippen LogP contribution in [-0.2, 0) is 4.79 Å². The first-order chi connectivity index (χ1) is 13.5. The number of hydrogen-bond acceptors (Lipinski definition) is 6. The highest BCUT2D eigenvalue weighted by Crippen LogP contribution is 2.34. The van der Waals surface area contributed by atoms with Crippen LogP contribution in [0.3, 0.4) is 0 Å². The van der Waals surface area contributed by atoms with Crippen LogP contribution in [0.5, 0.6) is 0 Å². The Bertz CT molecular complexity index is 779. The van der Waals surface area contributed by atoms with Crippen molar-refractivity contribution >= 4 is 23.3 Å². The summed E-state index contributed by atoms with van der Waals surface area (Å²) in [5.41, 5.74) is 8.04. The lowest BCUT2D eigenvalue weighted by molar-refractivity contribution is -0.121. The fourth-order valence-electron chi connectivity index (χ4n) is 3.90. The van der Waals surface area contributed by atoms with Crippen LogP contribution in [0.1, 0.15) is 51.1 Å². The van der Waals surface area contributed by atoms with Crippen molar-refractivity contribution in [3.05, 3.63) is 47.3 Å². The summed E-state index contributed by atoms with van der Waals surface area (Å²) in [5.74, 6) is 0.989. The van der Waals surface area contributed by atoms with Gasteiger partial charge in [-0.1, -0.05) is 30.7 Å². The molecule has 4 rings (SSSR count). The minimum absolute atomic E-state index is 0.0717. The smallest absolute Gasteiger partial charge is 0.220 e. The average Bonchev–Trinajstić information content (AvgIpc) is 3.30. The molecule has 0 radical (unpaired) electrons. The van der Waals surface area contributed by atoms with Crippen LogP contribution < -0.4 is 16.2 Å². The van der Waals surface area contributed by atoms with E-state index in [2.05, 4.69) is 56.4 Å². The molecule has 8 heteroatoms. The second-order valence-electron chi connectivity index (χ2n) is 7.63. The van der Waals surface area contributed by atoms with E-state index in [1.165, 1.54) is 5.56 Å². The van der Waals surface area contributed by atoms with Gasteiger partial charge in [0.05, 0.1) is 12.1 Å². The fourth-order valence-corrected chi connectivity index (χ4v) is 4.02. The zero-order valence-electron chi connectivity index (χ0n) is 16.2. The maximum absolute atomic E-state index is 12.1. The molecule has 3 unspecified atom stereocenters. The van der Waals surface area contributed by atoms with Crippen molar-refractivity contribution < 1.29 is 4.79 Å². The molecule has 1 amide bonds. The summed E-state index contributed by atoms with van der Waals surface area (Å²) in [4.78, 5) is 14.2. The van der Waals surface area contributed by atoms with Crippen LogP contribution in [0.2, 0.25) is 5.02 Å². The summed E-state index contributed by atoms with van der Waals surface area (Å²) in [6, 6.07) is 8.69. The largest absolute Gasteiger partial charge is 0.354 e. The second kappa shape index (κ2) is 8.01. The third kappa shape index (κ3) is 3.82. The number of benzene rings is 1. The maximum atomic E-state index is 12.1. The van der Waals surface area contributed by atoms with Gasteiger partial charge in [-0.25, -0.2) is 5.43 Å². The molecule has 4 atom stereocenters. The average molecular weight is 403 g/mol. The number of carbonyl (C=O) groups is 1. The van der Waals surface area contributed by atoms with Crippen molar-refractivity contribution in [1.29, 1.82) is 0 Å². The van der Waals surface area contributed by atoms with Gasteiger partial charge in [0.2, 0.25) is 5.91 Å². The third-order valence-electron chi connectivity index (χ3n) is 5.68. The Morgan fingerprint density at radius 1 is 1.36 bits per heavy atom. The molecular weight excluding hydrogens is 376 g/mol. The van der Waals surface area contributed by atoms with Crippen LogP contribution in [0.4, 0.5) is 0 Å². The first kappa shape index (κ1) is 19.1. The molecule has 1 saturated heterocycles. The third-order valence-corrected chi connectivity index (χ3v) is 5.94. The number of hydrogen-bond donors (Lipinski definition) is 3. The van der Waals surface area contributed by atoms with Gasteiger partial charge < -0.3 is 15.2 Å². The van der Waals surface area contributed by atoms with E-state index in [1.54, 1.807) is 0 Å². The van der Waals surface area contributed by atoms with Gasteiger partial charge in [-0.05, 0) is 37.5 Å². The number of hydrazone groups is 1. The van der Waals surface area contributed by atoms with E-state index in [9.17, 15) is 4.79 Å². The normalized spacial score (nSPS) is 26.4. The molecule has 0 aromatic heterocycles. The predicted octanol–water partition coefficient (Wildman–Crippen LogP) is 2.68. The van der Waals surface area contributed by atoms with Crippen LogP contribution >= 0.6 is 11.6 Å². The Labute approximate surface area is 170 Å². The summed E-state index contributed by atoms with van der Waals surface area (Å²) in [6.07, 6.45) is 7.12. The number of halogens is 1. The minimum Gasteiger partial charge on any atom is -0.354 e. The van der Waals surface area contributed by atoms with E-state index in [4.69, 9.17) is 11.6 Å². The quantitative estimate of drug-likeness (QED) is 0.682. The number of nitrogens with one attached hydrogen (secondary N) is 3. The highest BCUT2D eigenvalue weighted by Gasteiger charge is 2.44. The van der Waals surface area contributed by atoms with Crippen LogP contribution in [0.25, 0.3) is 0 Å². The summed E-state index contributed by atoms with van der Waals surface area (Å²) in [5, 5.41) is 10.4. The van der Waals surface area contributed by atoms with Gasteiger partial charge in [-0.2, -0.15) is 5.10 Å². The SMILES string of the molecule is CC[C@H](C)NC(=O)CCC1=NNC2C3CC(c4ccc(Cl)cc4)NN3C=CN12. The van der Waals surface area contributed by atoms with Gasteiger partial charge >= 0.3 is 0 Å². The Hall–Kier alpha value is -2.25. The van der Waals surface area contributed by atoms with E-state index < -0.39 is 0 Å². The van der Waals surface area contributed by atoms with Crippen LogP contribution in [0.15, 0.2) is 41.8 Å². The maximum Gasteiger partial charge on any atom is 0.220 e. The number of hydrazine groups is 1. The van der Waals surface area contributed by atoms with Crippen LogP contribution in [-0.4, -0.2) is 39.9 Å². The topological polar surface area (TPSA) is 72.0 Å². The molecule has 3 aliphatic rings. The zero-order chi connectivity index (χ0) is 19.7. The minimum atomic E-state index is 0.0717. The molecule has 7 nitrogen and oxygen atoms in total. The van der Waals surface area contributed by atoms with Crippen molar-refractivity contribution in [1.82, 2.24) is 26.1 Å². The summed E-state index contributed by atoms with van der Waals surface area (Å²) < 4.78 is 0. The van der Waals surface area contributed by atoms with Gasteiger partial charge in [0.15, 0.2) is 0 Å². The molecule has 28 heavy (non-hydrogen) atoms. The lowest BCUT2D eigenvalue weighted by Crippen LogP contribution is -2.54. The molecule has 0 bridgehead atoms. The van der Waals surface area contributed by atoms with Crippen molar-refractivity contribution in [2.24, 2.45) is 5.10 Å². The molecule has 3 heterocycles. The molecule has 3 N–H and O–H groups in total. The van der Waals surface area contributed by atoms with Gasteiger partial charge in [0.1, 0.15) is 12.0 Å². The van der Waals surface area contributed by atoms with E-state index >= 15 is 0 Å². The standard InChI is InChI=1S/C20H27ClN6O/c1-3-13(2)22-19(28)9-8-18-23-24-20-17-12-16(14-4-6-15(21)7-5-14)25-27(17)11-10-26(18)20/h4-7,10-11,13,16-17,20,24-25H,3,8-9,12H2,1-2H3,(H,22,28)/t13-,16?,17?,20?/m0/s1. The van der Waals surface area contributed by atoms with E-state index in [1.807, 2.05) is 25.3 Å². The van der Waals surface area contributed by atoms with E-state index in [-0.39, 0.29) is 30.2 Å². The molecule has 0 saturated carbocycles. The summed E-state index contributed by atoms with van der Waals surface area (Å²) >= 11 is 6.01. The lowest BCUT2D eigenvalue weighted by atomic mass is 9.99. The molecular formula is C20H27ClN6O. The van der Waals surface area contributed by atoms with Gasteiger partial charge in [0.25, 0.3) is 0 Å². The number of nitrogens with zero attached hydrogens (tertiary/aromatic N) is 3. The van der Waals surface area contributed by atoms with E-state index in [0.29, 0.717) is 12.8 Å². The predicted molar refractivity (Wildman–Crippen MR) is 110 cm³/mol. The first-order valence-corrected chi connectivity index (χ1v) is 10.3. The number of fused-ring (bicyclic) bond motifs is 3. The Kier molecular flexibility index (Phi) is 5.46. The van der Waals surface area contributed by atoms with Crippen molar-refractivity contribution in [3.8, 4) is 0 Å². The monoisotopic (exact) mass is 402 g/mol. The molecule has 1 fully saturated rings. The Morgan fingerprint density at radius 2 is 2.14 bits per heavy atom. The highest BCUT2D eigenvalue weighted by molar-refractivity contribution is 6.30. The summed E-state index contributed by atoms with van der Waals surface area (Å²) in [6.45, 7) is 4.09. The number of amides is 1. The fraction of sp³-hybridized carbons (Fsp3) is 0.500. The van der Waals surface area contributed by atoms with Crippen LogP contribution in [0, 0.1) is 0 Å². The number of amidine groups is 1. The van der Waals surface area contributed by atoms with Gasteiger partial charge in [0, 0.05) is 36.3 Å². The molecule has 1 aromatic carbocycles. The zero-order valence-corrected chi connectivity index (χ0v) is 17.0. The van der Waals surface area contributed by atoms with E-state index in [0.717, 1.165) is 23.7 Å². The second-order valence-corrected chi connectivity index (χ2v) is 8.06. The van der Waals surface area contributed by atoms with Gasteiger partial charge in [-0.3, -0.25) is 10.2 Å². The first-order valence-electron chi connectivity index (χ1n) is 9.93. The van der Waals surface area contributed by atoms with Crippen molar-refractivity contribution in [3.63, 3.8) is 0 Å². The molecule has 3 aliphatic heterocycles. The summed E-state index contributed by atoms with van der Waals surface area (Å²) in [7, 11) is 0. The lowest BCUT2D eigenvalue weighted by Gasteiger charge is -2.37. The van der Waals surface area contributed by atoms with Crippen molar-refractivity contribution in [2.75, 3.05) is 0 Å². The number of rotatable bonds is 6. The highest BCUT2D eigenvalue weighted by atomic mass is 35.5. The Morgan fingerprint density at radius 3 is 2.89 bits per heavy atom. The molecule has 150 valence electrons. The molecule has 0 aliphatic carbocycles. The molecule has 1 aromatic rings. The van der Waals surface area contributed by atoms with Crippen molar-refractivity contribution in [2.45, 2.75) is 63.8 Å². The number of carbonyl (C=O) groups excluding carboxylic acids is 1. The molecule has 0 spiro atoms. The Balaban J connectivity index is 1.36. The van der Waals surface area contributed by atoms with Gasteiger partial charge in [-0.15, -0.1) is 0 Å².